The lowest BCUT2D eigenvalue weighted by Gasteiger charge is -2.22. The van der Waals surface area contributed by atoms with Crippen molar-refractivity contribution in [3.8, 4) is 5.75 Å². The SMILES string of the molecule is C=C(/C=C(\C)c1cnn(C2C[C@@H](O)[C@@H](O)C2)c1C)/C(=C\C)[C@H](C)c1c(OC(F)F)ccc(F)c1Cl. The van der Waals surface area contributed by atoms with Gasteiger partial charge < -0.3 is 14.9 Å². The van der Waals surface area contributed by atoms with Crippen LogP contribution in [0.5, 0.6) is 5.75 Å². The normalized spacial score (nSPS) is 22.1. The number of halogens is 4. The minimum absolute atomic E-state index is 0.0979. The van der Waals surface area contributed by atoms with Gasteiger partial charge in [0, 0.05) is 22.7 Å². The van der Waals surface area contributed by atoms with Crippen molar-refractivity contribution in [2.24, 2.45) is 0 Å². The van der Waals surface area contributed by atoms with Gasteiger partial charge in [-0.05, 0) is 62.5 Å². The van der Waals surface area contributed by atoms with E-state index in [4.69, 9.17) is 11.6 Å². The molecule has 0 radical (unpaired) electrons. The molecule has 35 heavy (non-hydrogen) atoms. The highest BCUT2D eigenvalue weighted by molar-refractivity contribution is 6.31. The summed E-state index contributed by atoms with van der Waals surface area (Å²) in [4.78, 5) is 0. The number of allylic oxidation sites excluding steroid dienone is 5. The average Bonchev–Trinajstić information content (AvgIpc) is 3.32. The maximum atomic E-state index is 14.2. The third-order valence-electron chi connectivity index (χ3n) is 6.57. The molecule has 0 aliphatic heterocycles. The van der Waals surface area contributed by atoms with Gasteiger partial charge in [0.15, 0.2) is 0 Å². The van der Waals surface area contributed by atoms with E-state index in [1.165, 1.54) is 0 Å². The van der Waals surface area contributed by atoms with Crippen LogP contribution in [0.1, 0.15) is 62.4 Å². The Morgan fingerprint density at radius 3 is 2.49 bits per heavy atom. The third kappa shape index (κ3) is 5.66. The maximum Gasteiger partial charge on any atom is 0.387 e. The lowest BCUT2D eigenvalue weighted by Crippen LogP contribution is -2.17. The molecule has 0 saturated heterocycles. The van der Waals surface area contributed by atoms with Crippen molar-refractivity contribution >= 4 is 17.2 Å². The first kappa shape index (κ1) is 27.0. The van der Waals surface area contributed by atoms with Crippen LogP contribution in [0.3, 0.4) is 0 Å². The number of hydrogen-bond acceptors (Lipinski definition) is 4. The Hall–Kier alpha value is -2.55. The largest absolute Gasteiger partial charge is 0.434 e. The quantitative estimate of drug-likeness (QED) is 0.406. The zero-order valence-corrected chi connectivity index (χ0v) is 20.9. The van der Waals surface area contributed by atoms with E-state index in [0.29, 0.717) is 24.0 Å². The van der Waals surface area contributed by atoms with Gasteiger partial charge in [-0.2, -0.15) is 13.9 Å². The number of hydrogen-bond donors (Lipinski definition) is 2. The lowest BCUT2D eigenvalue weighted by atomic mass is 9.86. The van der Waals surface area contributed by atoms with Gasteiger partial charge in [0.05, 0.1) is 29.5 Å². The predicted molar refractivity (Wildman–Crippen MR) is 130 cm³/mol. The number of rotatable bonds is 8. The van der Waals surface area contributed by atoms with Crippen LogP contribution >= 0.6 is 11.6 Å². The molecule has 0 bridgehead atoms. The minimum atomic E-state index is -3.08. The van der Waals surface area contributed by atoms with Gasteiger partial charge in [-0.25, -0.2) is 4.39 Å². The van der Waals surface area contributed by atoms with E-state index in [0.717, 1.165) is 29.0 Å². The zero-order valence-electron chi connectivity index (χ0n) is 20.1. The van der Waals surface area contributed by atoms with Crippen LogP contribution in [0.15, 0.2) is 48.2 Å². The van der Waals surface area contributed by atoms with E-state index in [-0.39, 0.29) is 22.4 Å². The molecule has 4 atom stereocenters. The van der Waals surface area contributed by atoms with E-state index >= 15 is 0 Å². The molecule has 2 aromatic rings. The fraction of sp³-hybridized carbons (Fsp3) is 0.423. The number of ether oxygens (including phenoxy) is 1. The fourth-order valence-electron chi connectivity index (χ4n) is 4.79. The van der Waals surface area contributed by atoms with Crippen LogP contribution in [-0.4, -0.2) is 38.8 Å². The van der Waals surface area contributed by atoms with E-state index in [9.17, 15) is 23.4 Å². The van der Waals surface area contributed by atoms with Crippen molar-refractivity contribution in [3.05, 3.63) is 75.9 Å². The molecule has 1 saturated carbocycles. The third-order valence-corrected chi connectivity index (χ3v) is 6.95. The second kappa shape index (κ2) is 11.0. The molecule has 1 aromatic carbocycles. The van der Waals surface area contributed by atoms with Crippen LogP contribution in [0.25, 0.3) is 5.57 Å². The van der Waals surface area contributed by atoms with Crippen molar-refractivity contribution < 1.29 is 28.1 Å². The number of aromatic nitrogens is 2. The molecular formula is C26H30ClF3N2O3. The fourth-order valence-corrected chi connectivity index (χ4v) is 5.11. The Kier molecular flexibility index (Phi) is 8.51. The summed E-state index contributed by atoms with van der Waals surface area (Å²) in [6, 6.07) is 2.04. The van der Waals surface area contributed by atoms with E-state index in [2.05, 4.69) is 16.4 Å². The standard InChI is InChI=1S/C26H30ClF3N2O3/c1-6-18(15(4)24-23(35-26(29)30)8-7-20(28)25(24)27)13(2)9-14(3)19-12-31-32(16(19)5)17-10-21(33)22(34)11-17/h6-9,12,15,17,21-22,26,33-34H,2,10-11H2,1,3-5H3/b14-9+,18-6+/t15-,17?,21-,22+/m0/s1. The second-order valence-electron chi connectivity index (χ2n) is 8.82. The molecule has 1 aliphatic carbocycles. The molecule has 5 nitrogen and oxygen atoms in total. The Balaban J connectivity index is 1.89. The number of aliphatic hydroxyl groups excluding tert-OH is 2. The van der Waals surface area contributed by atoms with Crippen LogP contribution in [0.4, 0.5) is 13.2 Å². The van der Waals surface area contributed by atoms with Gasteiger partial charge in [-0.3, -0.25) is 4.68 Å². The molecule has 1 fully saturated rings. The summed E-state index contributed by atoms with van der Waals surface area (Å²) in [6.45, 7) is 8.39. The molecule has 1 aromatic heterocycles. The Morgan fingerprint density at radius 2 is 1.91 bits per heavy atom. The van der Waals surface area contributed by atoms with Crippen molar-refractivity contribution in [1.29, 1.82) is 0 Å². The number of nitrogens with zero attached hydrogens (tertiary/aromatic N) is 2. The summed E-state index contributed by atoms with van der Waals surface area (Å²) in [5.41, 5.74) is 4.00. The molecule has 2 N–H and O–H groups in total. The van der Waals surface area contributed by atoms with E-state index in [1.54, 1.807) is 26.1 Å². The van der Waals surface area contributed by atoms with Crippen molar-refractivity contribution in [1.82, 2.24) is 9.78 Å². The summed E-state index contributed by atoms with van der Waals surface area (Å²) >= 11 is 6.17. The van der Waals surface area contributed by atoms with Crippen molar-refractivity contribution in [3.63, 3.8) is 0 Å². The first-order chi connectivity index (χ1) is 16.5. The minimum Gasteiger partial charge on any atom is -0.434 e. The monoisotopic (exact) mass is 510 g/mol. The van der Waals surface area contributed by atoms with Gasteiger partial charge >= 0.3 is 6.61 Å². The molecule has 0 spiro atoms. The Morgan fingerprint density at radius 1 is 1.29 bits per heavy atom. The first-order valence-corrected chi connectivity index (χ1v) is 11.7. The highest BCUT2D eigenvalue weighted by atomic mass is 35.5. The zero-order chi connectivity index (χ0) is 26.0. The lowest BCUT2D eigenvalue weighted by molar-refractivity contribution is -0.0505. The van der Waals surface area contributed by atoms with E-state index in [1.807, 2.05) is 24.6 Å². The maximum absolute atomic E-state index is 14.2. The molecule has 3 rings (SSSR count). The number of alkyl halides is 2. The summed E-state index contributed by atoms with van der Waals surface area (Å²) in [6.07, 6.45) is 4.67. The van der Waals surface area contributed by atoms with Crippen LogP contribution in [-0.2, 0) is 0 Å². The molecule has 1 unspecified atom stereocenters. The molecule has 1 aliphatic rings. The smallest absolute Gasteiger partial charge is 0.387 e. The highest BCUT2D eigenvalue weighted by Gasteiger charge is 2.34. The molecule has 1 heterocycles. The highest BCUT2D eigenvalue weighted by Crippen LogP contribution is 2.41. The van der Waals surface area contributed by atoms with Gasteiger partial charge in [-0.1, -0.05) is 37.3 Å². The molecule has 190 valence electrons. The van der Waals surface area contributed by atoms with Crippen LogP contribution in [0, 0.1) is 12.7 Å². The van der Waals surface area contributed by atoms with Crippen molar-refractivity contribution in [2.75, 3.05) is 0 Å². The summed E-state index contributed by atoms with van der Waals surface area (Å²) in [5, 5.41) is 24.0. The average molecular weight is 511 g/mol. The Bertz CT molecular complexity index is 1150. The van der Waals surface area contributed by atoms with Crippen LogP contribution in [0.2, 0.25) is 5.02 Å². The molecule has 9 heteroatoms. The predicted octanol–water partition coefficient (Wildman–Crippen LogP) is 6.35. The Labute approximate surface area is 208 Å². The van der Waals surface area contributed by atoms with Crippen LogP contribution < -0.4 is 4.74 Å². The first-order valence-electron chi connectivity index (χ1n) is 11.3. The van der Waals surface area contributed by atoms with Gasteiger partial charge in [-0.15, -0.1) is 0 Å². The molecule has 0 amide bonds. The summed E-state index contributed by atoms with van der Waals surface area (Å²) in [7, 11) is 0. The summed E-state index contributed by atoms with van der Waals surface area (Å²) < 4.78 is 46.5. The van der Waals surface area contributed by atoms with Gasteiger partial charge in [0.25, 0.3) is 0 Å². The molecular weight excluding hydrogens is 481 g/mol. The summed E-state index contributed by atoms with van der Waals surface area (Å²) in [5.74, 6) is -1.50. The second-order valence-corrected chi connectivity index (χ2v) is 9.20. The van der Waals surface area contributed by atoms with Crippen molar-refractivity contribution in [2.45, 2.75) is 71.3 Å². The number of benzene rings is 1. The van der Waals surface area contributed by atoms with E-state index < -0.39 is 30.6 Å². The number of aliphatic hydroxyl groups is 2. The van der Waals surface area contributed by atoms with Gasteiger partial charge in [0.1, 0.15) is 11.6 Å². The topological polar surface area (TPSA) is 67.5 Å². The van der Waals surface area contributed by atoms with Gasteiger partial charge in [0.2, 0.25) is 0 Å².